The van der Waals surface area contributed by atoms with Crippen LogP contribution in [-0.2, 0) is 14.3 Å². The summed E-state index contributed by atoms with van der Waals surface area (Å²) < 4.78 is 6.20. The minimum absolute atomic E-state index is 0.0179. The van der Waals surface area contributed by atoms with Gasteiger partial charge in [-0.2, -0.15) is 0 Å². The van der Waals surface area contributed by atoms with Crippen LogP contribution in [-0.4, -0.2) is 83.1 Å². The number of carbonyl (C=O) groups excluding carboxylic acids is 3. The Kier molecular flexibility index (Phi) is 4.03. The van der Waals surface area contributed by atoms with Gasteiger partial charge in [0.2, 0.25) is 11.8 Å². The van der Waals surface area contributed by atoms with Crippen LogP contribution in [0.25, 0.3) is 0 Å². The zero-order chi connectivity index (χ0) is 22.3. The first-order valence-electron chi connectivity index (χ1n) is 11.4. The summed E-state index contributed by atoms with van der Waals surface area (Å²) in [5, 5.41) is 3.16. The lowest BCUT2D eigenvalue weighted by molar-refractivity contribution is -0.144. The smallest absolute Gasteiger partial charge is 0.256 e. The van der Waals surface area contributed by atoms with E-state index in [0.29, 0.717) is 50.4 Å². The van der Waals surface area contributed by atoms with Crippen LogP contribution < -0.4 is 10.2 Å². The lowest BCUT2D eigenvalue weighted by Crippen LogP contribution is -2.67. The minimum atomic E-state index is -0.651. The monoisotopic (exact) mass is 437 g/mol. The molecule has 5 aliphatic heterocycles. The molecule has 4 atom stereocenters. The number of hydrogen-bond acceptors (Lipinski definition) is 6. The molecule has 3 fully saturated rings. The van der Waals surface area contributed by atoms with Crippen molar-refractivity contribution < 1.29 is 19.1 Å². The van der Waals surface area contributed by atoms with Crippen molar-refractivity contribution in [2.24, 2.45) is 11.8 Å². The Hall–Kier alpha value is -2.94. The van der Waals surface area contributed by atoms with Crippen molar-refractivity contribution in [2.45, 2.75) is 37.1 Å². The van der Waals surface area contributed by atoms with Crippen molar-refractivity contribution in [1.29, 1.82) is 0 Å². The molecule has 0 radical (unpaired) electrons. The third-order valence-electron chi connectivity index (χ3n) is 8.09. The second kappa shape index (κ2) is 6.54. The number of likely N-dealkylation sites (N-methyl/N-ethyl adjacent to an activating group) is 1. The fraction of sp³-hybridized carbons (Fsp3) is 0.565. The topological polar surface area (TPSA) is 95.1 Å². The van der Waals surface area contributed by atoms with Gasteiger partial charge in [-0.1, -0.05) is 12.2 Å². The molecule has 9 nitrogen and oxygen atoms in total. The van der Waals surface area contributed by atoms with Crippen LogP contribution in [0.3, 0.4) is 0 Å². The van der Waals surface area contributed by atoms with Gasteiger partial charge in [-0.15, -0.1) is 0 Å². The lowest BCUT2D eigenvalue weighted by Gasteiger charge is -2.51. The van der Waals surface area contributed by atoms with Crippen LogP contribution in [0, 0.1) is 11.8 Å². The van der Waals surface area contributed by atoms with Gasteiger partial charge in [-0.05, 0) is 19.1 Å². The Morgan fingerprint density at radius 1 is 1.31 bits per heavy atom. The van der Waals surface area contributed by atoms with Gasteiger partial charge in [0, 0.05) is 45.7 Å². The predicted molar refractivity (Wildman–Crippen MR) is 115 cm³/mol. The molecule has 3 saturated heterocycles. The average molecular weight is 438 g/mol. The molecule has 6 rings (SSSR count). The quantitative estimate of drug-likeness (QED) is 0.673. The van der Waals surface area contributed by atoms with Crippen LogP contribution in [0.1, 0.15) is 30.1 Å². The van der Waals surface area contributed by atoms with Crippen molar-refractivity contribution >= 4 is 23.5 Å². The van der Waals surface area contributed by atoms with Crippen molar-refractivity contribution in [3.8, 4) is 0 Å². The molecule has 32 heavy (non-hydrogen) atoms. The number of nitrogens with zero attached hydrogens (tertiary/aromatic N) is 4. The molecule has 1 aromatic rings. The summed E-state index contributed by atoms with van der Waals surface area (Å²) in [7, 11) is 1.94. The van der Waals surface area contributed by atoms with E-state index >= 15 is 0 Å². The van der Waals surface area contributed by atoms with Gasteiger partial charge in [0.05, 0.1) is 30.0 Å². The third kappa shape index (κ3) is 2.42. The maximum atomic E-state index is 13.6. The van der Waals surface area contributed by atoms with Crippen LogP contribution in [0.15, 0.2) is 30.5 Å². The molecule has 6 heterocycles. The van der Waals surface area contributed by atoms with Crippen molar-refractivity contribution in [3.05, 3.63) is 36.0 Å². The van der Waals surface area contributed by atoms with E-state index in [1.54, 1.807) is 23.2 Å². The molecule has 3 amide bonds. The van der Waals surface area contributed by atoms with Crippen LogP contribution in [0.5, 0.6) is 0 Å². The van der Waals surface area contributed by atoms with Crippen molar-refractivity contribution in [1.82, 2.24) is 20.1 Å². The predicted octanol–water partition coefficient (Wildman–Crippen LogP) is 0.382. The third-order valence-corrected chi connectivity index (χ3v) is 8.09. The van der Waals surface area contributed by atoms with E-state index in [1.165, 1.54) is 0 Å². The maximum Gasteiger partial charge on any atom is 0.256 e. The second-order valence-corrected chi connectivity index (χ2v) is 9.50. The van der Waals surface area contributed by atoms with Crippen LogP contribution in [0.2, 0.25) is 0 Å². The second-order valence-electron chi connectivity index (χ2n) is 9.50. The normalized spacial score (nSPS) is 34.2. The summed E-state index contributed by atoms with van der Waals surface area (Å²) in [6.07, 6.45) is 6.48. The Labute approximate surface area is 186 Å². The van der Waals surface area contributed by atoms with Gasteiger partial charge >= 0.3 is 0 Å². The van der Waals surface area contributed by atoms with E-state index in [4.69, 9.17) is 4.74 Å². The number of carbonyl (C=O) groups is 3. The van der Waals surface area contributed by atoms with Gasteiger partial charge in [0.1, 0.15) is 17.1 Å². The summed E-state index contributed by atoms with van der Waals surface area (Å²) in [6.45, 7) is 4.10. The first-order chi connectivity index (χ1) is 15.4. The Balaban J connectivity index is 1.21. The zero-order valence-electron chi connectivity index (χ0n) is 18.3. The Morgan fingerprint density at radius 2 is 2.09 bits per heavy atom. The molecule has 1 aromatic heterocycles. The maximum absolute atomic E-state index is 13.6. The molecule has 5 aliphatic rings. The highest BCUT2D eigenvalue weighted by Gasteiger charge is 2.67. The number of pyridine rings is 1. The molecular formula is C23H27N5O4. The van der Waals surface area contributed by atoms with Crippen molar-refractivity contribution in [3.63, 3.8) is 0 Å². The van der Waals surface area contributed by atoms with Gasteiger partial charge in [0.15, 0.2) is 0 Å². The molecule has 9 heteroatoms. The van der Waals surface area contributed by atoms with Crippen LogP contribution >= 0.6 is 0 Å². The zero-order valence-corrected chi connectivity index (χ0v) is 18.3. The molecule has 2 bridgehead atoms. The van der Waals surface area contributed by atoms with E-state index in [0.717, 1.165) is 0 Å². The Bertz CT molecular complexity index is 1050. The van der Waals surface area contributed by atoms with E-state index in [-0.39, 0.29) is 23.8 Å². The SMILES string of the molecule is CCN1C[C@@]23C=C[C@@H](O2)[C@H](C(=O)N2CCC4(CC2)NC(=O)c2cccnc2N4C)[C@@H]3C1=O. The number of amides is 3. The highest BCUT2D eigenvalue weighted by molar-refractivity contribution is 6.01. The van der Waals surface area contributed by atoms with E-state index in [9.17, 15) is 14.4 Å². The largest absolute Gasteiger partial charge is 0.360 e. The molecule has 0 unspecified atom stereocenters. The molecule has 0 saturated carbocycles. The summed E-state index contributed by atoms with van der Waals surface area (Å²) >= 11 is 0. The van der Waals surface area contributed by atoms with Gasteiger partial charge in [-0.25, -0.2) is 4.98 Å². The number of anilines is 1. The number of ether oxygens (including phenoxy) is 1. The molecule has 168 valence electrons. The first-order valence-corrected chi connectivity index (χ1v) is 11.4. The summed E-state index contributed by atoms with van der Waals surface area (Å²) in [6, 6.07) is 3.53. The van der Waals surface area contributed by atoms with Crippen LogP contribution in [0.4, 0.5) is 5.82 Å². The number of rotatable bonds is 2. The van der Waals surface area contributed by atoms with E-state index < -0.39 is 23.1 Å². The number of piperidine rings is 1. The van der Waals surface area contributed by atoms with E-state index in [2.05, 4.69) is 10.3 Å². The fourth-order valence-electron chi connectivity index (χ4n) is 6.30. The minimum Gasteiger partial charge on any atom is -0.360 e. The molecule has 0 aromatic carbocycles. The van der Waals surface area contributed by atoms with Gasteiger partial charge < -0.3 is 24.8 Å². The Morgan fingerprint density at radius 3 is 2.84 bits per heavy atom. The van der Waals surface area contributed by atoms with Crippen molar-refractivity contribution in [2.75, 3.05) is 38.1 Å². The number of likely N-dealkylation sites (tertiary alicyclic amines) is 2. The molecule has 0 aliphatic carbocycles. The highest BCUT2D eigenvalue weighted by Crippen LogP contribution is 2.52. The number of aromatic nitrogens is 1. The first kappa shape index (κ1) is 19.7. The molecule has 2 spiro atoms. The summed E-state index contributed by atoms with van der Waals surface area (Å²) in [5.41, 5.74) is -0.651. The molecular weight excluding hydrogens is 410 g/mol. The lowest BCUT2D eigenvalue weighted by atomic mass is 9.76. The van der Waals surface area contributed by atoms with Gasteiger partial charge in [-0.3, -0.25) is 14.4 Å². The number of nitrogens with one attached hydrogen (secondary N) is 1. The number of hydrogen-bond donors (Lipinski definition) is 1. The average Bonchev–Trinajstić information content (AvgIpc) is 3.45. The summed E-state index contributed by atoms with van der Waals surface area (Å²) in [4.78, 5) is 49.4. The molecule has 1 N–H and O–H groups in total. The number of fused-ring (bicyclic) bond motifs is 2. The highest BCUT2D eigenvalue weighted by atomic mass is 16.5. The van der Waals surface area contributed by atoms with Gasteiger partial charge in [0.25, 0.3) is 5.91 Å². The summed E-state index contributed by atoms with van der Waals surface area (Å²) in [5.74, 6) is -0.367. The standard InChI is InChI=1S/C23H27N5O4/c1-3-27-13-22-7-6-15(32-22)16(17(22)21(27)31)20(30)28-11-8-23(9-12-28)25-19(29)14-5-4-10-24-18(14)26(23)2/h4-7,10,15-17H,3,8-9,11-13H2,1-2H3,(H,25,29)/t15-,16+,17-,22-/m1/s1. The fourth-order valence-corrected chi connectivity index (χ4v) is 6.30. The van der Waals surface area contributed by atoms with E-state index in [1.807, 2.05) is 35.9 Å².